The van der Waals surface area contributed by atoms with Crippen molar-refractivity contribution in [3.63, 3.8) is 0 Å². The Balaban J connectivity index is 0.000000550. The van der Waals surface area contributed by atoms with Crippen molar-refractivity contribution in [3.8, 4) is 0 Å². The van der Waals surface area contributed by atoms with Crippen molar-refractivity contribution in [1.82, 2.24) is 0 Å². The Kier molecular flexibility index (Phi) is 10.5. The van der Waals surface area contributed by atoms with Crippen molar-refractivity contribution in [1.29, 1.82) is 0 Å². The molecule has 0 aromatic heterocycles. The number of hydrogen-bond donors (Lipinski definition) is 0. The van der Waals surface area contributed by atoms with Crippen molar-refractivity contribution in [2.75, 3.05) is 14.1 Å². The first-order valence-electron chi connectivity index (χ1n) is 7.42. The zero-order valence-electron chi connectivity index (χ0n) is 12.1. The van der Waals surface area contributed by atoms with Gasteiger partial charge in [0.2, 0.25) is 0 Å². The second-order valence-electron chi connectivity index (χ2n) is 5.62. The topological polar surface area (TPSA) is 28.2 Å². The molecular formula is C14H26Cl2N2Ti-2. The first-order chi connectivity index (χ1) is 9.28. The summed E-state index contributed by atoms with van der Waals surface area (Å²) in [4.78, 5) is 0. The Morgan fingerprint density at radius 3 is 1.37 bits per heavy atom. The Bertz CT molecular complexity index is 209. The van der Waals surface area contributed by atoms with Gasteiger partial charge in [0.05, 0.1) is 0 Å². The molecule has 0 aromatic rings. The van der Waals surface area contributed by atoms with Crippen LogP contribution in [0.4, 0.5) is 0 Å². The van der Waals surface area contributed by atoms with E-state index in [1.807, 2.05) is 14.1 Å². The molecule has 4 unspecified atom stereocenters. The molecule has 112 valence electrons. The minimum absolute atomic E-state index is 0.556. The normalized spacial score (nSPS) is 35.2. The van der Waals surface area contributed by atoms with Crippen molar-refractivity contribution < 1.29 is 17.0 Å². The van der Waals surface area contributed by atoms with E-state index in [0.717, 1.165) is 11.8 Å². The van der Waals surface area contributed by atoms with E-state index in [1.54, 1.807) is 0 Å². The molecule has 0 aliphatic heterocycles. The Morgan fingerprint density at radius 1 is 0.737 bits per heavy atom. The summed E-state index contributed by atoms with van der Waals surface area (Å²) in [6.45, 7) is 0. The first kappa shape index (κ1) is 18.3. The molecular weight excluding hydrogens is 315 g/mol. The molecule has 0 N–H and O–H groups in total. The molecule has 2 aliphatic carbocycles. The third-order valence-electron chi connectivity index (χ3n) is 4.78. The molecule has 0 amide bonds. The van der Waals surface area contributed by atoms with Gasteiger partial charge < -0.3 is 10.6 Å². The fraction of sp³-hybridized carbons (Fsp3) is 1.00. The summed E-state index contributed by atoms with van der Waals surface area (Å²) in [5, 5.41) is 9.26. The molecule has 2 nitrogen and oxygen atoms in total. The van der Waals surface area contributed by atoms with E-state index in [9.17, 15) is 0 Å². The van der Waals surface area contributed by atoms with E-state index in [1.165, 1.54) is 51.4 Å². The molecule has 2 rings (SSSR count). The molecule has 2 fully saturated rings. The summed E-state index contributed by atoms with van der Waals surface area (Å²) in [5.74, 6) is 1.68. The maximum absolute atomic E-state index is 4.89. The van der Waals surface area contributed by atoms with Crippen LogP contribution in [0.1, 0.15) is 51.4 Å². The van der Waals surface area contributed by atoms with Gasteiger partial charge in [-0.2, -0.15) is 14.1 Å². The van der Waals surface area contributed by atoms with E-state index in [0.29, 0.717) is 12.1 Å². The van der Waals surface area contributed by atoms with Gasteiger partial charge in [0.15, 0.2) is 0 Å². The predicted molar refractivity (Wildman–Crippen MR) is 81.8 cm³/mol. The van der Waals surface area contributed by atoms with E-state index >= 15 is 0 Å². The second-order valence-corrected chi connectivity index (χ2v) is 8.20. The molecule has 0 spiro atoms. The molecule has 19 heavy (non-hydrogen) atoms. The zero-order chi connectivity index (χ0) is 14.1. The van der Waals surface area contributed by atoms with E-state index in [4.69, 9.17) is 18.6 Å². The third-order valence-corrected chi connectivity index (χ3v) is 4.78. The van der Waals surface area contributed by atoms with E-state index in [2.05, 4.69) is 10.6 Å². The molecule has 5 heteroatoms. The van der Waals surface area contributed by atoms with Crippen molar-refractivity contribution in [2.24, 2.45) is 11.8 Å². The number of nitrogens with zero attached hydrogens (tertiary/aromatic N) is 2. The van der Waals surface area contributed by atoms with Crippen molar-refractivity contribution in [2.45, 2.75) is 63.5 Å². The van der Waals surface area contributed by atoms with Gasteiger partial charge in [0.25, 0.3) is 0 Å². The van der Waals surface area contributed by atoms with Gasteiger partial charge in [-0.15, -0.1) is 12.1 Å². The van der Waals surface area contributed by atoms with Crippen LogP contribution < -0.4 is 0 Å². The van der Waals surface area contributed by atoms with Crippen LogP contribution >= 0.6 is 18.6 Å². The van der Waals surface area contributed by atoms with E-state index in [-0.39, 0.29) is 0 Å². The van der Waals surface area contributed by atoms with Crippen LogP contribution in [0.2, 0.25) is 0 Å². The van der Waals surface area contributed by atoms with Crippen LogP contribution in [0.3, 0.4) is 0 Å². The van der Waals surface area contributed by atoms with Crippen LogP contribution in [0.5, 0.6) is 0 Å². The fourth-order valence-corrected chi connectivity index (χ4v) is 3.92. The molecule has 0 saturated heterocycles. The molecule has 4 atom stereocenters. The molecule has 2 aliphatic rings. The van der Waals surface area contributed by atoms with Gasteiger partial charge in [-0.1, -0.05) is 63.2 Å². The van der Waals surface area contributed by atoms with Crippen LogP contribution in [0, 0.1) is 11.8 Å². The van der Waals surface area contributed by atoms with Gasteiger partial charge in [-0.3, -0.25) is 0 Å². The third kappa shape index (κ3) is 5.84. The van der Waals surface area contributed by atoms with E-state index < -0.39 is 17.0 Å². The zero-order valence-corrected chi connectivity index (χ0v) is 15.2. The summed E-state index contributed by atoms with van der Waals surface area (Å²) in [7, 11) is 13.8. The maximum atomic E-state index is 4.89. The second kappa shape index (κ2) is 10.9. The average Bonchev–Trinajstić information content (AvgIpc) is 2.48. The number of rotatable bonds is 3. The number of halogens is 2. The molecule has 0 bridgehead atoms. The van der Waals surface area contributed by atoms with Crippen LogP contribution in [-0.4, -0.2) is 26.2 Å². The monoisotopic (exact) mass is 340 g/mol. The molecule has 0 aromatic carbocycles. The fourth-order valence-electron chi connectivity index (χ4n) is 3.92. The summed E-state index contributed by atoms with van der Waals surface area (Å²) in [6, 6.07) is 1.28. The van der Waals surface area contributed by atoms with Gasteiger partial charge in [0, 0.05) is 0 Å². The summed E-state index contributed by atoms with van der Waals surface area (Å²) in [6.07, 6.45) is 11.1. The Morgan fingerprint density at radius 2 is 1.05 bits per heavy atom. The van der Waals surface area contributed by atoms with Crippen LogP contribution in [-0.2, 0) is 17.0 Å². The van der Waals surface area contributed by atoms with Gasteiger partial charge in [0.1, 0.15) is 0 Å². The van der Waals surface area contributed by atoms with Crippen molar-refractivity contribution in [3.05, 3.63) is 10.6 Å². The van der Waals surface area contributed by atoms with Gasteiger partial charge in [-0.05, 0) is 0 Å². The van der Waals surface area contributed by atoms with Crippen molar-refractivity contribution >= 4 is 18.6 Å². The SMILES string of the molecule is C[N-]C1CCCCC1C1CCCCC1[N-]C.[Cl][Ti][Cl]. The summed E-state index contributed by atoms with van der Waals surface area (Å²) >= 11 is -0.556. The minimum atomic E-state index is -0.556. The summed E-state index contributed by atoms with van der Waals surface area (Å²) < 4.78 is 0. The van der Waals surface area contributed by atoms with Gasteiger partial charge >= 0.3 is 35.6 Å². The molecule has 0 radical (unpaired) electrons. The number of hydrogen-bond acceptors (Lipinski definition) is 0. The quantitative estimate of drug-likeness (QED) is 0.608. The first-order valence-corrected chi connectivity index (χ1v) is 11.7. The standard InChI is InChI=1S/C14H26N2.2ClH.Ti/c1-15-13-9-5-3-7-11(13)12-8-4-6-10-14(12)16-2;;;/h11-14H,3-10H2,1-2H3;2*1H;/q-2;;;+2/p-2. The predicted octanol–water partition coefficient (Wildman–Crippen LogP) is 5.49. The van der Waals surface area contributed by atoms with Crippen LogP contribution in [0.25, 0.3) is 10.6 Å². The summed E-state index contributed by atoms with van der Waals surface area (Å²) in [5.41, 5.74) is 0. The van der Waals surface area contributed by atoms with Gasteiger partial charge in [-0.25, -0.2) is 0 Å². The molecule has 2 saturated carbocycles. The molecule has 0 heterocycles. The Hall–Kier alpha value is 1.21. The Labute approximate surface area is 135 Å². The average molecular weight is 341 g/mol. The van der Waals surface area contributed by atoms with Crippen LogP contribution in [0.15, 0.2) is 0 Å².